The monoisotopic (exact) mass is 433 g/mol. The van der Waals surface area contributed by atoms with Crippen LogP contribution in [-0.4, -0.2) is 16.1 Å². The Morgan fingerprint density at radius 2 is 1.84 bits per heavy atom. The minimum Gasteiger partial charge on any atom is -0.383 e. The van der Waals surface area contributed by atoms with E-state index >= 15 is 0 Å². The number of benzene rings is 1. The van der Waals surface area contributed by atoms with Crippen LogP contribution in [0.5, 0.6) is 0 Å². The Morgan fingerprint density at radius 1 is 1.24 bits per heavy atom. The van der Waals surface area contributed by atoms with E-state index in [2.05, 4.69) is 32.5 Å². The lowest BCUT2D eigenvalue weighted by molar-refractivity contribution is -0.0867. The van der Waals surface area contributed by atoms with Crippen molar-refractivity contribution in [3.63, 3.8) is 0 Å². The van der Waals surface area contributed by atoms with Gasteiger partial charge in [-0.25, -0.2) is 20.8 Å². The van der Waals surface area contributed by atoms with Crippen molar-refractivity contribution in [2.45, 2.75) is 6.18 Å². The number of aromatic nitrogens is 2. The Morgan fingerprint density at radius 3 is 2.36 bits per heavy atom. The van der Waals surface area contributed by atoms with Crippen LogP contribution >= 0.6 is 27.5 Å². The second-order valence-electron chi connectivity index (χ2n) is 4.78. The zero-order chi connectivity index (χ0) is 18.8. The minimum atomic E-state index is -4.72. The zero-order valence-corrected chi connectivity index (χ0v) is 14.9. The summed E-state index contributed by atoms with van der Waals surface area (Å²) in [5, 5.41) is 1.09. The molecule has 0 aliphatic carbocycles. The van der Waals surface area contributed by atoms with Crippen molar-refractivity contribution in [3.05, 3.63) is 69.7 Å². The molecule has 132 valence electrons. The fraction of sp³-hybridized carbons (Fsp3) is 0.0667. The predicted octanol–water partition coefficient (Wildman–Crippen LogP) is 4.02. The maximum atomic E-state index is 13.3. The van der Waals surface area contributed by atoms with Crippen molar-refractivity contribution in [1.82, 2.24) is 9.97 Å². The van der Waals surface area contributed by atoms with E-state index in [1.54, 1.807) is 0 Å². The van der Waals surface area contributed by atoms with E-state index in [0.29, 0.717) is 9.50 Å². The van der Waals surface area contributed by atoms with Crippen LogP contribution in [-0.2, 0) is 0 Å². The van der Waals surface area contributed by atoms with Gasteiger partial charge in [0.15, 0.2) is 0 Å². The van der Waals surface area contributed by atoms with E-state index in [9.17, 15) is 13.2 Å². The lowest BCUT2D eigenvalue weighted by Crippen LogP contribution is -2.37. The van der Waals surface area contributed by atoms with Gasteiger partial charge in [0.25, 0.3) is 0 Å². The molecule has 0 aliphatic rings. The molecule has 0 radical (unpaired) electrons. The minimum absolute atomic E-state index is 0.0690. The van der Waals surface area contributed by atoms with Crippen LogP contribution < -0.4 is 16.6 Å². The molecule has 0 amide bonds. The highest BCUT2D eigenvalue weighted by molar-refractivity contribution is 9.10. The second-order valence-corrected chi connectivity index (χ2v) is 6.05. The molecular formula is C15H12BrClF3N5. The lowest BCUT2D eigenvalue weighted by Gasteiger charge is -2.23. The Kier molecular flexibility index (Phi) is 5.71. The van der Waals surface area contributed by atoms with Crippen LogP contribution in [0.2, 0.25) is 5.02 Å². The summed E-state index contributed by atoms with van der Waals surface area (Å²) in [6.45, 7) is 3.12. The summed E-state index contributed by atoms with van der Waals surface area (Å²) in [5.41, 5.74) is 4.47. The highest BCUT2D eigenvalue weighted by Gasteiger charge is 2.37. The van der Waals surface area contributed by atoms with Crippen molar-refractivity contribution in [2.75, 3.05) is 5.01 Å². The molecule has 1 aromatic carbocycles. The van der Waals surface area contributed by atoms with Crippen molar-refractivity contribution in [1.29, 1.82) is 0 Å². The first-order chi connectivity index (χ1) is 11.6. The number of alkyl halides is 3. The third kappa shape index (κ3) is 4.30. The first kappa shape index (κ1) is 19.2. The lowest BCUT2D eigenvalue weighted by atomic mass is 9.98. The maximum Gasteiger partial charge on any atom is 0.416 e. The average Bonchev–Trinajstić information content (AvgIpc) is 2.57. The number of rotatable bonds is 4. The summed E-state index contributed by atoms with van der Waals surface area (Å²) >= 11 is 9.07. The van der Waals surface area contributed by atoms with Crippen molar-refractivity contribution < 1.29 is 13.2 Å². The molecule has 0 atom stereocenters. The fourth-order valence-corrected chi connectivity index (χ4v) is 2.41. The van der Waals surface area contributed by atoms with Crippen LogP contribution in [0.15, 0.2) is 59.1 Å². The van der Waals surface area contributed by atoms with Gasteiger partial charge in [-0.1, -0.05) is 24.2 Å². The number of nitrogens with zero attached hydrogens (tertiary/aromatic N) is 3. The number of anilines is 1. The first-order valence-corrected chi connectivity index (χ1v) is 7.83. The van der Waals surface area contributed by atoms with E-state index in [0.717, 1.165) is 5.01 Å². The van der Waals surface area contributed by atoms with Gasteiger partial charge in [0.1, 0.15) is 5.82 Å². The molecule has 0 bridgehead atoms. The van der Waals surface area contributed by atoms with Gasteiger partial charge in [0.05, 0.1) is 10.6 Å². The van der Waals surface area contributed by atoms with E-state index < -0.39 is 23.1 Å². The van der Waals surface area contributed by atoms with Gasteiger partial charge in [-0.05, 0) is 39.7 Å². The summed E-state index contributed by atoms with van der Waals surface area (Å²) in [6, 6.07) is 5.73. The van der Waals surface area contributed by atoms with Crippen LogP contribution in [0.25, 0.3) is 5.57 Å². The molecule has 0 saturated heterocycles. The maximum absolute atomic E-state index is 13.3. The topological polar surface area (TPSA) is 81.1 Å². The van der Waals surface area contributed by atoms with Crippen LogP contribution in [0.4, 0.5) is 19.1 Å². The van der Waals surface area contributed by atoms with Crippen LogP contribution in [0.1, 0.15) is 5.56 Å². The smallest absolute Gasteiger partial charge is 0.383 e. The van der Waals surface area contributed by atoms with E-state index in [1.807, 2.05) is 0 Å². The molecule has 0 saturated carbocycles. The normalized spacial score (nSPS) is 12.6. The number of hydrogen-bond acceptors (Lipinski definition) is 5. The van der Waals surface area contributed by atoms with Gasteiger partial charge in [-0.2, -0.15) is 13.2 Å². The van der Waals surface area contributed by atoms with Crippen LogP contribution in [0, 0.1) is 0 Å². The quantitative estimate of drug-likeness (QED) is 0.432. The molecule has 25 heavy (non-hydrogen) atoms. The summed E-state index contributed by atoms with van der Waals surface area (Å²) in [7, 11) is 0. The Bertz CT molecular complexity index is 824. The third-order valence-corrected chi connectivity index (χ3v) is 4.35. The van der Waals surface area contributed by atoms with Crippen molar-refractivity contribution in [2.24, 2.45) is 11.6 Å². The number of nitrogens with two attached hydrogens (primary N) is 2. The summed E-state index contributed by atoms with van der Waals surface area (Å²) in [5.74, 6) is 5.32. The number of hydrogen-bond donors (Lipinski definition) is 2. The Hall–Kier alpha value is -2.10. The predicted molar refractivity (Wildman–Crippen MR) is 94.2 cm³/mol. The molecule has 0 aliphatic heterocycles. The molecule has 1 heterocycles. The summed E-state index contributed by atoms with van der Waals surface area (Å²) in [6.07, 6.45) is -1.95. The molecular weight excluding hydrogens is 423 g/mol. The molecule has 10 heteroatoms. The number of allylic oxidation sites excluding steroid dienone is 2. The molecule has 4 N–H and O–H groups in total. The molecule has 0 unspecified atom stereocenters. The van der Waals surface area contributed by atoms with Crippen molar-refractivity contribution >= 4 is 39.1 Å². The van der Waals surface area contributed by atoms with Gasteiger partial charge in [0.2, 0.25) is 5.95 Å². The molecule has 5 nitrogen and oxygen atoms in total. The Labute approximate surface area is 154 Å². The standard InChI is InChI=1S/C15H12BrClF3N5/c1-8(15(18,19)20)12(9-3-4-11(17)10(16)7-9)13(21)25(22)14-23-5-2-6-24-14/h2-7H,1,21-22H2/b13-12+. The van der Waals surface area contributed by atoms with Gasteiger partial charge >= 0.3 is 6.18 Å². The second kappa shape index (κ2) is 7.42. The molecule has 1 aromatic heterocycles. The SMILES string of the molecule is C=C(/C(=C(/N)N(N)c1ncccn1)c1ccc(Cl)c(Br)c1)C(F)(F)F. The average molecular weight is 435 g/mol. The molecule has 0 spiro atoms. The van der Waals surface area contributed by atoms with Crippen LogP contribution in [0.3, 0.4) is 0 Å². The van der Waals surface area contributed by atoms with Crippen molar-refractivity contribution in [3.8, 4) is 0 Å². The summed E-state index contributed by atoms with van der Waals surface area (Å²) in [4.78, 5) is 7.73. The Balaban J connectivity index is 2.65. The van der Waals surface area contributed by atoms with E-state index in [1.165, 1.54) is 36.7 Å². The highest BCUT2D eigenvalue weighted by atomic mass is 79.9. The van der Waals surface area contributed by atoms with Gasteiger partial charge in [-0.15, -0.1) is 0 Å². The van der Waals surface area contributed by atoms with Gasteiger partial charge < -0.3 is 5.73 Å². The van der Waals surface area contributed by atoms with E-state index in [4.69, 9.17) is 23.2 Å². The van der Waals surface area contributed by atoms with E-state index in [-0.39, 0.29) is 11.5 Å². The highest BCUT2D eigenvalue weighted by Crippen LogP contribution is 2.38. The molecule has 2 aromatic rings. The molecule has 2 rings (SSSR count). The summed E-state index contributed by atoms with van der Waals surface area (Å²) < 4.78 is 40.2. The number of halogens is 5. The third-order valence-electron chi connectivity index (χ3n) is 3.14. The fourth-order valence-electron chi connectivity index (χ4n) is 1.91. The van der Waals surface area contributed by atoms with Gasteiger partial charge in [0, 0.05) is 22.4 Å². The largest absolute Gasteiger partial charge is 0.416 e. The molecule has 0 fully saturated rings. The zero-order valence-electron chi connectivity index (χ0n) is 12.6. The number of hydrazine groups is 1. The van der Waals surface area contributed by atoms with Gasteiger partial charge in [-0.3, -0.25) is 0 Å². The first-order valence-electron chi connectivity index (χ1n) is 6.66.